The van der Waals surface area contributed by atoms with E-state index in [4.69, 9.17) is 4.74 Å². The van der Waals surface area contributed by atoms with E-state index in [-0.39, 0.29) is 6.04 Å². The van der Waals surface area contributed by atoms with Crippen LogP contribution in [0.2, 0.25) is 0 Å². The van der Waals surface area contributed by atoms with Gasteiger partial charge in [0.1, 0.15) is 0 Å². The van der Waals surface area contributed by atoms with Gasteiger partial charge in [-0.3, -0.25) is 9.69 Å². The zero-order valence-electron chi connectivity index (χ0n) is 11.6. The van der Waals surface area contributed by atoms with Gasteiger partial charge in [0.15, 0.2) is 5.78 Å². The Morgan fingerprint density at radius 2 is 2.11 bits per heavy atom. The molecular weight excluding hydrogens is 240 g/mol. The zero-order chi connectivity index (χ0) is 13.1. The van der Waals surface area contributed by atoms with Gasteiger partial charge in [-0.2, -0.15) is 0 Å². The van der Waals surface area contributed by atoms with Crippen molar-refractivity contribution in [3.63, 3.8) is 0 Å². The normalized spacial score (nSPS) is 29.9. The van der Waals surface area contributed by atoms with Gasteiger partial charge in [0.2, 0.25) is 0 Å². The first-order valence-corrected chi connectivity index (χ1v) is 7.67. The maximum absolute atomic E-state index is 12.6. The molecule has 3 heterocycles. The SMILES string of the molecule is O=C(C1=COCCC1)C1CCCN1C1CCNCC1. The first-order valence-electron chi connectivity index (χ1n) is 7.67. The van der Waals surface area contributed by atoms with E-state index >= 15 is 0 Å². The highest BCUT2D eigenvalue weighted by molar-refractivity contribution is 5.99. The monoisotopic (exact) mass is 264 g/mol. The molecule has 19 heavy (non-hydrogen) atoms. The molecule has 0 aromatic heterocycles. The molecule has 0 spiro atoms. The van der Waals surface area contributed by atoms with Crippen LogP contribution in [0.3, 0.4) is 0 Å². The average Bonchev–Trinajstić information content (AvgIpc) is 2.98. The molecule has 3 aliphatic rings. The fraction of sp³-hybridized carbons (Fsp3) is 0.800. The fourth-order valence-corrected chi connectivity index (χ4v) is 3.61. The number of Topliss-reactive ketones (excluding diaryl/α,β-unsaturated/α-hetero) is 1. The van der Waals surface area contributed by atoms with Crippen LogP contribution in [0.25, 0.3) is 0 Å². The molecule has 1 atom stereocenters. The highest BCUT2D eigenvalue weighted by Gasteiger charge is 2.36. The maximum atomic E-state index is 12.6. The molecule has 106 valence electrons. The summed E-state index contributed by atoms with van der Waals surface area (Å²) in [6, 6.07) is 0.721. The molecule has 3 rings (SSSR count). The van der Waals surface area contributed by atoms with Crippen LogP contribution in [-0.2, 0) is 9.53 Å². The van der Waals surface area contributed by atoms with E-state index < -0.39 is 0 Å². The Bertz CT molecular complexity index is 361. The van der Waals surface area contributed by atoms with Crippen molar-refractivity contribution in [3.05, 3.63) is 11.8 Å². The van der Waals surface area contributed by atoms with Crippen molar-refractivity contribution in [1.29, 1.82) is 0 Å². The third-order valence-corrected chi connectivity index (χ3v) is 4.62. The molecule has 4 heteroatoms. The molecule has 0 aromatic carbocycles. The molecule has 4 nitrogen and oxygen atoms in total. The van der Waals surface area contributed by atoms with Crippen LogP contribution in [-0.4, -0.2) is 49.0 Å². The molecule has 1 unspecified atom stereocenters. The summed E-state index contributed by atoms with van der Waals surface area (Å²) in [4.78, 5) is 15.1. The second-order valence-corrected chi connectivity index (χ2v) is 5.86. The second kappa shape index (κ2) is 6.06. The van der Waals surface area contributed by atoms with Crippen molar-refractivity contribution >= 4 is 5.78 Å². The summed E-state index contributed by atoms with van der Waals surface area (Å²) in [6.45, 7) is 4.04. The number of nitrogens with zero attached hydrogens (tertiary/aromatic N) is 1. The highest BCUT2D eigenvalue weighted by Crippen LogP contribution is 2.28. The summed E-state index contributed by atoms with van der Waals surface area (Å²) in [5.41, 5.74) is 0.914. The minimum absolute atomic E-state index is 0.121. The predicted molar refractivity (Wildman–Crippen MR) is 73.9 cm³/mol. The Hall–Kier alpha value is -0.870. The van der Waals surface area contributed by atoms with Crippen molar-refractivity contribution in [1.82, 2.24) is 10.2 Å². The van der Waals surface area contributed by atoms with Gasteiger partial charge in [-0.1, -0.05) is 0 Å². The largest absolute Gasteiger partial charge is 0.501 e. The summed E-state index contributed by atoms with van der Waals surface area (Å²) in [5.74, 6) is 0.329. The van der Waals surface area contributed by atoms with E-state index in [1.807, 2.05) is 0 Å². The van der Waals surface area contributed by atoms with Gasteiger partial charge in [0.05, 0.1) is 18.9 Å². The number of likely N-dealkylation sites (tertiary alicyclic amines) is 1. The summed E-state index contributed by atoms with van der Waals surface area (Å²) in [6.07, 6.45) is 8.14. The Morgan fingerprint density at radius 1 is 1.26 bits per heavy atom. The van der Waals surface area contributed by atoms with E-state index in [2.05, 4.69) is 10.2 Å². The number of rotatable bonds is 3. The summed E-state index contributed by atoms with van der Waals surface area (Å²) >= 11 is 0. The molecule has 0 saturated carbocycles. The minimum Gasteiger partial charge on any atom is -0.501 e. The molecule has 0 aromatic rings. The number of carbonyl (C=O) groups excluding carboxylic acids is 1. The number of piperidine rings is 1. The van der Waals surface area contributed by atoms with Gasteiger partial charge >= 0.3 is 0 Å². The van der Waals surface area contributed by atoms with Crippen molar-refractivity contribution in [2.45, 2.75) is 50.6 Å². The predicted octanol–water partition coefficient (Wildman–Crippen LogP) is 1.47. The van der Waals surface area contributed by atoms with Crippen LogP contribution >= 0.6 is 0 Å². The van der Waals surface area contributed by atoms with E-state index in [9.17, 15) is 4.79 Å². The minimum atomic E-state index is 0.121. The van der Waals surface area contributed by atoms with E-state index in [0.29, 0.717) is 11.8 Å². The van der Waals surface area contributed by atoms with Gasteiger partial charge in [0, 0.05) is 11.6 Å². The van der Waals surface area contributed by atoms with Crippen LogP contribution < -0.4 is 5.32 Å². The fourth-order valence-electron chi connectivity index (χ4n) is 3.61. The molecule has 0 radical (unpaired) electrons. The average molecular weight is 264 g/mol. The number of hydrogen-bond acceptors (Lipinski definition) is 4. The lowest BCUT2D eigenvalue weighted by molar-refractivity contribution is -0.121. The van der Waals surface area contributed by atoms with Crippen molar-refractivity contribution < 1.29 is 9.53 Å². The van der Waals surface area contributed by atoms with Crippen LogP contribution in [0.5, 0.6) is 0 Å². The molecular formula is C15H24N2O2. The van der Waals surface area contributed by atoms with E-state index in [1.165, 1.54) is 12.8 Å². The smallest absolute Gasteiger partial charge is 0.179 e. The molecule has 0 bridgehead atoms. The first-order chi connectivity index (χ1) is 9.36. The molecule has 2 saturated heterocycles. The van der Waals surface area contributed by atoms with Crippen molar-refractivity contribution in [2.75, 3.05) is 26.2 Å². The van der Waals surface area contributed by atoms with Crippen LogP contribution in [0.4, 0.5) is 0 Å². The van der Waals surface area contributed by atoms with Gasteiger partial charge in [-0.25, -0.2) is 0 Å². The lowest BCUT2D eigenvalue weighted by Gasteiger charge is -2.35. The van der Waals surface area contributed by atoms with Gasteiger partial charge in [-0.15, -0.1) is 0 Å². The molecule has 2 fully saturated rings. The summed E-state index contributed by atoms with van der Waals surface area (Å²) < 4.78 is 5.33. The van der Waals surface area contributed by atoms with Crippen LogP contribution in [0.1, 0.15) is 38.5 Å². The zero-order valence-corrected chi connectivity index (χ0v) is 11.6. The van der Waals surface area contributed by atoms with E-state index in [1.54, 1.807) is 6.26 Å². The highest BCUT2D eigenvalue weighted by atomic mass is 16.5. The van der Waals surface area contributed by atoms with E-state index in [0.717, 1.165) is 57.5 Å². The maximum Gasteiger partial charge on any atom is 0.179 e. The first kappa shape index (κ1) is 13.1. The standard InChI is InChI=1S/C15H24N2O2/c18-15(12-3-2-10-19-11-12)14-4-1-9-17(14)13-5-7-16-8-6-13/h11,13-14,16H,1-10H2. The van der Waals surface area contributed by atoms with Gasteiger partial charge in [0.25, 0.3) is 0 Å². The van der Waals surface area contributed by atoms with Crippen molar-refractivity contribution in [2.24, 2.45) is 0 Å². The number of nitrogens with one attached hydrogen (secondary N) is 1. The third-order valence-electron chi connectivity index (χ3n) is 4.62. The van der Waals surface area contributed by atoms with Crippen LogP contribution in [0, 0.1) is 0 Å². The Labute approximate surface area is 115 Å². The van der Waals surface area contributed by atoms with Crippen molar-refractivity contribution in [3.8, 4) is 0 Å². The Kier molecular flexibility index (Phi) is 4.18. The number of carbonyl (C=O) groups is 1. The summed E-state index contributed by atoms with van der Waals surface area (Å²) in [7, 11) is 0. The lowest BCUT2D eigenvalue weighted by Crippen LogP contribution is -2.48. The van der Waals surface area contributed by atoms with Gasteiger partial charge in [-0.05, 0) is 58.2 Å². The van der Waals surface area contributed by atoms with Crippen LogP contribution in [0.15, 0.2) is 11.8 Å². The molecule has 0 amide bonds. The topological polar surface area (TPSA) is 41.6 Å². The number of ether oxygens (including phenoxy) is 1. The lowest BCUT2D eigenvalue weighted by atomic mass is 9.96. The second-order valence-electron chi connectivity index (χ2n) is 5.86. The molecule has 3 aliphatic heterocycles. The van der Waals surface area contributed by atoms with Gasteiger partial charge < -0.3 is 10.1 Å². The number of hydrogen-bond donors (Lipinski definition) is 1. The molecule has 0 aliphatic carbocycles. The third kappa shape index (κ3) is 2.84. The molecule has 1 N–H and O–H groups in total. The quantitative estimate of drug-likeness (QED) is 0.838. The Morgan fingerprint density at radius 3 is 2.84 bits per heavy atom. The Balaban J connectivity index is 1.68. The summed E-state index contributed by atoms with van der Waals surface area (Å²) in [5, 5.41) is 3.40. The number of ketones is 1.